The molecule has 44 heavy (non-hydrogen) atoms. The number of ether oxygens (including phenoxy) is 1. The van der Waals surface area contributed by atoms with Crippen LogP contribution in [0, 0.1) is 23.7 Å². The van der Waals surface area contributed by atoms with Gasteiger partial charge >= 0.3 is 0 Å². The number of hydrogen-bond donors (Lipinski definition) is 2. The summed E-state index contributed by atoms with van der Waals surface area (Å²) in [6.45, 7) is 4.78. The van der Waals surface area contributed by atoms with Gasteiger partial charge in [0.25, 0.3) is 5.91 Å². The van der Waals surface area contributed by atoms with Gasteiger partial charge in [-0.3, -0.25) is 19.8 Å². The van der Waals surface area contributed by atoms with Gasteiger partial charge in [0, 0.05) is 13.0 Å². The minimum absolute atomic E-state index is 0.0809. The number of nitrogens with zero attached hydrogens (tertiary/aromatic N) is 4. The fraction of sp³-hybridized carbons (Fsp3) is 0.667. The van der Waals surface area contributed by atoms with Gasteiger partial charge in [-0.25, -0.2) is 25.0 Å². The van der Waals surface area contributed by atoms with E-state index >= 15 is 0 Å². The molecule has 11 heteroatoms. The Bertz CT molecular complexity index is 1130. The Morgan fingerprint density at radius 3 is 2.48 bits per heavy atom. The molecule has 2 fully saturated rings. The largest absolute Gasteiger partial charge is 0.350 e. The molecule has 1 unspecified atom stereocenters. The molecule has 3 atom stereocenters. The summed E-state index contributed by atoms with van der Waals surface area (Å²) in [5.41, 5.74) is 6.42. The summed E-state index contributed by atoms with van der Waals surface area (Å²) in [6.07, 6.45) is 14.3. The second-order valence-electron chi connectivity index (χ2n) is 12.7. The Balaban J connectivity index is 1.51. The Morgan fingerprint density at radius 2 is 1.80 bits per heavy atom. The topological polar surface area (TPSA) is 128 Å². The molecule has 2 aromatic rings. The molecule has 1 aliphatic carbocycles. The molecule has 0 bridgehead atoms. The molecule has 3 amide bonds. The Morgan fingerprint density at radius 1 is 1.02 bits per heavy atom. The van der Waals surface area contributed by atoms with Crippen molar-refractivity contribution in [2.24, 2.45) is 23.7 Å². The average molecular weight is 611 g/mol. The normalized spacial score (nSPS) is 18.8. The van der Waals surface area contributed by atoms with Crippen LogP contribution in [0.5, 0.6) is 0 Å². The van der Waals surface area contributed by atoms with Crippen LogP contribution in [0.1, 0.15) is 96.5 Å². The van der Waals surface area contributed by atoms with Crippen LogP contribution in [0.15, 0.2) is 43.0 Å². The average Bonchev–Trinajstić information content (AvgIpc) is 3.55. The summed E-state index contributed by atoms with van der Waals surface area (Å²) < 4.78 is 7.07. The molecule has 1 aromatic heterocycles. The van der Waals surface area contributed by atoms with Crippen LogP contribution in [0.25, 0.3) is 0 Å². The highest BCUT2D eigenvalue weighted by Gasteiger charge is 2.36. The first kappa shape index (κ1) is 33.6. The third-order valence-corrected chi connectivity index (χ3v) is 8.66. The number of carbonyl (C=O) groups excluding carboxylic acids is 3. The molecule has 242 valence electrons. The summed E-state index contributed by atoms with van der Waals surface area (Å²) in [5.74, 6) is -1.46. The third kappa shape index (κ3) is 11.0. The van der Waals surface area contributed by atoms with Gasteiger partial charge in [0.2, 0.25) is 11.8 Å². The van der Waals surface area contributed by atoms with E-state index in [1.807, 2.05) is 44.2 Å². The van der Waals surface area contributed by atoms with Crippen LogP contribution in [-0.4, -0.2) is 50.4 Å². The SMILES string of the molecule is CC(C)C[C@@H](C(=O)NN(Cc1ccccc1)C(=O)Cn1cncn1)[C@H](CCCC1CCCCC1)C(=O)NOC1CCCCO1. The van der Waals surface area contributed by atoms with E-state index in [-0.39, 0.29) is 36.7 Å². The smallest absolute Gasteiger partial charge is 0.263 e. The zero-order chi connectivity index (χ0) is 31.1. The van der Waals surface area contributed by atoms with Gasteiger partial charge in [-0.15, -0.1) is 0 Å². The molecule has 4 rings (SSSR count). The van der Waals surface area contributed by atoms with Crippen molar-refractivity contribution in [2.75, 3.05) is 6.61 Å². The summed E-state index contributed by atoms with van der Waals surface area (Å²) in [5, 5.41) is 5.38. The van der Waals surface area contributed by atoms with Gasteiger partial charge < -0.3 is 4.74 Å². The minimum Gasteiger partial charge on any atom is -0.350 e. The molecule has 11 nitrogen and oxygen atoms in total. The van der Waals surface area contributed by atoms with Crippen LogP contribution >= 0.6 is 0 Å². The van der Waals surface area contributed by atoms with Gasteiger partial charge in [-0.1, -0.05) is 89.1 Å². The number of carbonyl (C=O) groups is 3. The van der Waals surface area contributed by atoms with Crippen molar-refractivity contribution >= 4 is 17.7 Å². The van der Waals surface area contributed by atoms with E-state index in [0.717, 1.165) is 31.2 Å². The van der Waals surface area contributed by atoms with Gasteiger partial charge in [0.1, 0.15) is 19.2 Å². The molecule has 1 aromatic carbocycles. The first-order valence-electron chi connectivity index (χ1n) is 16.4. The molecule has 0 spiro atoms. The second kappa shape index (κ2) is 17.9. The van der Waals surface area contributed by atoms with Crippen LogP contribution in [-0.2, 0) is 37.0 Å². The van der Waals surface area contributed by atoms with Crippen molar-refractivity contribution in [1.29, 1.82) is 0 Å². The van der Waals surface area contributed by atoms with E-state index in [4.69, 9.17) is 9.57 Å². The van der Waals surface area contributed by atoms with Crippen LogP contribution in [0.2, 0.25) is 0 Å². The van der Waals surface area contributed by atoms with Gasteiger partial charge in [-0.2, -0.15) is 5.10 Å². The lowest BCUT2D eigenvalue weighted by atomic mass is 9.79. The fourth-order valence-corrected chi connectivity index (χ4v) is 6.29. The van der Waals surface area contributed by atoms with Gasteiger partial charge in [0.05, 0.1) is 18.4 Å². The number of hydroxylamine groups is 1. The quantitative estimate of drug-likeness (QED) is 0.274. The number of benzene rings is 1. The summed E-state index contributed by atoms with van der Waals surface area (Å²) >= 11 is 0. The molecule has 2 heterocycles. The predicted molar refractivity (Wildman–Crippen MR) is 165 cm³/mol. The number of aromatic nitrogens is 3. The molecule has 1 aliphatic heterocycles. The van der Waals surface area contributed by atoms with Crippen molar-refractivity contribution in [2.45, 2.75) is 110 Å². The zero-order valence-corrected chi connectivity index (χ0v) is 26.4. The van der Waals surface area contributed by atoms with Gasteiger partial charge in [0.15, 0.2) is 6.29 Å². The van der Waals surface area contributed by atoms with E-state index in [1.165, 1.54) is 54.4 Å². The maximum atomic E-state index is 14.1. The van der Waals surface area contributed by atoms with E-state index in [9.17, 15) is 14.4 Å². The highest BCUT2D eigenvalue weighted by molar-refractivity contribution is 5.88. The second-order valence-corrected chi connectivity index (χ2v) is 12.7. The lowest BCUT2D eigenvalue weighted by Gasteiger charge is -2.31. The van der Waals surface area contributed by atoms with E-state index in [1.54, 1.807) is 0 Å². The third-order valence-electron chi connectivity index (χ3n) is 8.66. The highest BCUT2D eigenvalue weighted by Crippen LogP contribution is 2.31. The number of amides is 3. The Labute approximate surface area is 261 Å². The van der Waals surface area contributed by atoms with E-state index in [2.05, 4.69) is 21.0 Å². The Kier molecular flexibility index (Phi) is 13.6. The van der Waals surface area contributed by atoms with Crippen LogP contribution in [0.4, 0.5) is 0 Å². The Hall–Kier alpha value is -3.31. The molecule has 0 radical (unpaired) electrons. The van der Waals surface area contributed by atoms with Crippen molar-refractivity contribution in [3.63, 3.8) is 0 Å². The van der Waals surface area contributed by atoms with E-state index in [0.29, 0.717) is 31.8 Å². The molecular weight excluding hydrogens is 560 g/mol. The van der Waals surface area contributed by atoms with Crippen LogP contribution in [0.3, 0.4) is 0 Å². The number of hydrogen-bond acceptors (Lipinski definition) is 7. The number of nitrogens with one attached hydrogen (secondary N) is 2. The monoisotopic (exact) mass is 610 g/mol. The first-order valence-corrected chi connectivity index (χ1v) is 16.4. The molecule has 1 saturated carbocycles. The zero-order valence-electron chi connectivity index (χ0n) is 26.4. The van der Waals surface area contributed by atoms with Gasteiger partial charge in [-0.05, 0) is 43.1 Å². The lowest BCUT2D eigenvalue weighted by Crippen LogP contribution is -2.52. The van der Waals surface area contributed by atoms with Crippen molar-refractivity contribution in [1.82, 2.24) is 30.7 Å². The maximum absolute atomic E-state index is 14.1. The van der Waals surface area contributed by atoms with Crippen molar-refractivity contribution < 1.29 is 24.0 Å². The first-order chi connectivity index (χ1) is 21.4. The minimum atomic E-state index is -0.658. The lowest BCUT2D eigenvalue weighted by molar-refractivity contribution is -0.203. The van der Waals surface area contributed by atoms with Crippen molar-refractivity contribution in [3.05, 3.63) is 48.5 Å². The number of hydrazine groups is 1. The summed E-state index contributed by atoms with van der Waals surface area (Å²) in [6, 6.07) is 9.49. The predicted octanol–water partition coefficient (Wildman–Crippen LogP) is 4.94. The highest BCUT2D eigenvalue weighted by atomic mass is 16.8. The summed E-state index contributed by atoms with van der Waals surface area (Å²) in [7, 11) is 0. The molecule has 1 saturated heterocycles. The fourth-order valence-electron chi connectivity index (χ4n) is 6.29. The maximum Gasteiger partial charge on any atom is 0.263 e. The number of rotatable bonds is 15. The standard InChI is InChI=1S/C33H50N6O5/c1-25(2)20-29(32(41)36-39(21-27-14-7-4-8-15-27)30(40)22-38-24-34-23-35-38)28(17-11-16-26-12-5-3-6-13-26)33(42)37-44-31-18-9-10-19-43-31/h4,7-8,14-15,23-26,28-29,31H,3,5-6,9-13,16-22H2,1-2H3,(H,36,41)(H,37,42)/t28-,29+,31?/m0/s1. The molecular formula is C33H50N6O5. The van der Waals surface area contributed by atoms with Crippen LogP contribution < -0.4 is 10.9 Å². The van der Waals surface area contributed by atoms with E-state index < -0.39 is 18.1 Å². The summed E-state index contributed by atoms with van der Waals surface area (Å²) in [4.78, 5) is 50.9. The molecule has 2 N–H and O–H groups in total. The van der Waals surface area contributed by atoms with Crippen molar-refractivity contribution in [3.8, 4) is 0 Å². The molecule has 2 aliphatic rings.